The van der Waals surface area contributed by atoms with Crippen molar-refractivity contribution in [2.75, 3.05) is 44.7 Å². The third-order valence-electron chi connectivity index (χ3n) is 3.31. The zero-order valence-electron chi connectivity index (χ0n) is 12.4. The lowest BCUT2D eigenvalue weighted by Gasteiger charge is -2.21. The number of hydrogen-bond donors (Lipinski definition) is 2. The molecule has 0 radical (unpaired) electrons. The molecule has 0 aliphatic carbocycles. The molecule has 1 atom stereocenters. The lowest BCUT2D eigenvalue weighted by atomic mass is 10.2. The van der Waals surface area contributed by atoms with Crippen molar-refractivity contribution in [1.29, 1.82) is 0 Å². The summed E-state index contributed by atoms with van der Waals surface area (Å²) in [5.41, 5.74) is 0. The zero-order chi connectivity index (χ0) is 13.2. The van der Waals surface area contributed by atoms with Crippen LogP contribution in [0, 0.1) is 0 Å². The van der Waals surface area contributed by atoms with Crippen LogP contribution in [0.1, 0.15) is 26.7 Å². The summed E-state index contributed by atoms with van der Waals surface area (Å²) in [6.45, 7) is 9.57. The fourth-order valence-corrected chi connectivity index (χ4v) is 2.63. The molecular formula is C13H29IN4S. The Morgan fingerprint density at radius 1 is 1.37 bits per heavy atom. The molecule has 6 heteroatoms. The minimum absolute atomic E-state index is 0. The second-order valence-electron chi connectivity index (χ2n) is 4.56. The van der Waals surface area contributed by atoms with E-state index in [2.05, 4.69) is 35.6 Å². The van der Waals surface area contributed by atoms with E-state index >= 15 is 0 Å². The van der Waals surface area contributed by atoms with Crippen LogP contribution in [0.4, 0.5) is 0 Å². The molecule has 0 aromatic rings. The SMILES string of the molecule is CCNC(=NCC1CCCN1CC)NCCSC.I. The Balaban J connectivity index is 0.00000324. The van der Waals surface area contributed by atoms with Crippen molar-refractivity contribution in [2.45, 2.75) is 32.7 Å². The first-order valence-electron chi connectivity index (χ1n) is 7.07. The number of hydrogen-bond acceptors (Lipinski definition) is 3. The van der Waals surface area contributed by atoms with Gasteiger partial charge in [-0.25, -0.2) is 0 Å². The molecule has 1 unspecified atom stereocenters. The van der Waals surface area contributed by atoms with Gasteiger partial charge in [0.05, 0.1) is 6.54 Å². The van der Waals surface area contributed by atoms with Crippen LogP contribution in [-0.4, -0.2) is 61.6 Å². The van der Waals surface area contributed by atoms with Crippen LogP contribution in [-0.2, 0) is 0 Å². The maximum absolute atomic E-state index is 4.71. The predicted molar refractivity (Wildman–Crippen MR) is 98.0 cm³/mol. The van der Waals surface area contributed by atoms with E-state index in [1.807, 2.05) is 11.8 Å². The number of halogens is 1. The number of thioether (sulfide) groups is 1. The fourth-order valence-electron chi connectivity index (χ4n) is 2.33. The van der Waals surface area contributed by atoms with Gasteiger partial charge >= 0.3 is 0 Å². The highest BCUT2D eigenvalue weighted by molar-refractivity contribution is 14.0. The molecule has 114 valence electrons. The molecule has 0 aromatic heterocycles. The Bertz CT molecular complexity index is 251. The molecule has 0 amide bonds. The summed E-state index contributed by atoms with van der Waals surface area (Å²) >= 11 is 1.86. The van der Waals surface area contributed by atoms with Crippen LogP contribution in [0.3, 0.4) is 0 Å². The number of rotatable bonds is 7. The average molecular weight is 400 g/mol. The van der Waals surface area contributed by atoms with Crippen LogP contribution in [0.15, 0.2) is 4.99 Å². The molecule has 1 rings (SSSR count). The number of aliphatic imine (C=N–C) groups is 1. The molecule has 0 spiro atoms. The highest BCUT2D eigenvalue weighted by Gasteiger charge is 2.22. The third-order valence-corrected chi connectivity index (χ3v) is 3.92. The van der Waals surface area contributed by atoms with Gasteiger partial charge in [0, 0.05) is 24.9 Å². The van der Waals surface area contributed by atoms with Crippen LogP contribution in [0.5, 0.6) is 0 Å². The van der Waals surface area contributed by atoms with Crippen molar-refractivity contribution >= 4 is 41.7 Å². The molecule has 0 aromatic carbocycles. The molecule has 1 aliphatic heterocycles. The second-order valence-corrected chi connectivity index (χ2v) is 5.55. The van der Waals surface area contributed by atoms with Crippen LogP contribution < -0.4 is 10.6 Å². The Labute approximate surface area is 139 Å². The Hall–Kier alpha value is 0.310. The van der Waals surface area contributed by atoms with E-state index in [9.17, 15) is 0 Å². The van der Waals surface area contributed by atoms with Crippen LogP contribution in [0.25, 0.3) is 0 Å². The smallest absolute Gasteiger partial charge is 0.191 e. The minimum Gasteiger partial charge on any atom is -0.357 e. The van der Waals surface area contributed by atoms with E-state index < -0.39 is 0 Å². The van der Waals surface area contributed by atoms with Gasteiger partial charge in [-0.15, -0.1) is 24.0 Å². The molecule has 1 fully saturated rings. The van der Waals surface area contributed by atoms with Gasteiger partial charge in [-0.3, -0.25) is 9.89 Å². The van der Waals surface area contributed by atoms with Gasteiger partial charge < -0.3 is 10.6 Å². The first-order valence-corrected chi connectivity index (χ1v) is 8.46. The largest absolute Gasteiger partial charge is 0.357 e. The lowest BCUT2D eigenvalue weighted by molar-refractivity contribution is 0.273. The van der Waals surface area contributed by atoms with Crippen molar-refractivity contribution in [1.82, 2.24) is 15.5 Å². The average Bonchev–Trinajstić information content (AvgIpc) is 2.83. The van der Waals surface area contributed by atoms with E-state index in [1.54, 1.807) is 0 Å². The maximum Gasteiger partial charge on any atom is 0.191 e. The highest BCUT2D eigenvalue weighted by atomic mass is 127. The van der Waals surface area contributed by atoms with Crippen molar-refractivity contribution in [3.05, 3.63) is 0 Å². The molecule has 0 saturated carbocycles. The number of likely N-dealkylation sites (tertiary alicyclic amines) is 1. The van der Waals surface area contributed by atoms with E-state index in [0.717, 1.165) is 37.9 Å². The standard InChI is InChI=1S/C13H28N4S.HI/c1-4-14-13(15-8-10-18-3)16-11-12-7-6-9-17(12)5-2;/h12H,4-11H2,1-3H3,(H2,14,15,16);1H. The monoisotopic (exact) mass is 400 g/mol. The van der Waals surface area contributed by atoms with E-state index in [0.29, 0.717) is 6.04 Å². The summed E-state index contributed by atoms with van der Waals surface area (Å²) < 4.78 is 0. The number of nitrogens with one attached hydrogen (secondary N) is 2. The zero-order valence-corrected chi connectivity index (χ0v) is 15.6. The number of nitrogens with zero attached hydrogens (tertiary/aromatic N) is 2. The summed E-state index contributed by atoms with van der Waals surface area (Å²) in [5, 5.41) is 6.69. The van der Waals surface area contributed by atoms with E-state index in [4.69, 9.17) is 4.99 Å². The van der Waals surface area contributed by atoms with Gasteiger partial charge in [0.15, 0.2) is 5.96 Å². The quantitative estimate of drug-likeness (QED) is 0.297. The Morgan fingerprint density at radius 2 is 2.16 bits per heavy atom. The summed E-state index contributed by atoms with van der Waals surface area (Å²) in [6.07, 6.45) is 4.75. The Morgan fingerprint density at radius 3 is 2.79 bits per heavy atom. The number of likely N-dealkylation sites (N-methyl/N-ethyl adjacent to an activating group) is 1. The molecule has 4 nitrogen and oxygen atoms in total. The van der Waals surface area contributed by atoms with Gasteiger partial charge in [-0.1, -0.05) is 6.92 Å². The maximum atomic E-state index is 4.71. The van der Waals surface area contributed by atoms with Crippen molar-refractivity contribution in [2.24, 2.45) is 4.99 Å². The van der Waals surface area contributed by atoms with Crippen molar-refractivity contribution in [3.8, 4) is 0 Å². The van der Waals surface area contributed by atoms with Gasteiger partial charge in [0.1, 0.15) is 0 Å². The lowest BCUT2D eigenvalue weighted by Crippen LogP contribution is -2.40. The van der Waals surface area contributed by atoms with Crippen molar-refractivity contribution in [3.63, 3.8) is 0 Å². The minimum atomic E-state index is 0. The Kier molecular flexibility index (Phi) is 12.3. The highest BCUT2D eigenvalue weighted by Crippen LogP contribution is 2.16. The molecule has 1 heterocycles. The summed E-state index contributed by atoms with van der Waals surface area (Å²) in [5.74, 6) is 2.09. The van der Waals surface area contributed by atoms with Crippen molar-refractivity contribution < 1.29 is 0 Å². The molecule has 19 heavy (non-hydrogen) atoms. The molecule has 2 N–H and O–H groups in total. The summed E-state index contributed by atoms with van der Waals surface area (Å²) in [7, 11) is 0. The molecule has 1 saturated heterocycles. The van der Waals surface area contributed by atoms with Gasteiger partial charge in [0.2, 0.25) is 0 Å². The normalized spacial score (nSPS) is 20.2. The van der Waals surface area contributed by atoms with Crippen LogP contribution in [0.2, 0.25) is 0 Å². The summed E-state index contributed by atoms with van der Waals surface area (Å²) in [6, 6.07) is 0.644. The first-order chi connectivity index (χ1) is 8.81. The van der Waals surface area contributed by atoms with E-state index in [1.165, 1.54) is 19.4 Å². The van der Waals surface area contributed by atoms with Crippen LogP contribution >= 0.6 is 35.7 Å². The topological polar surface area (TPSA) is 39.7 Å². The third kappa shape index (κ3) is 7.60. The molecule has 0 bridgehead atoms. The fraction of sp³-hybridized carbons (Fsp3) is 0.923. The van der Waals surface area contributed by atoms with E-state index in [-0.39, 0.29) is 24.0 Å². The summed E-state index contributed by atoms with van der Waals surface area (Å²) in [4.78, 5) is 7.25. The molecular weight excluding hydrogens is 371 g/mol. The van der Waals surface area contributed by atoms with Gasteiger partial charge in [-0.2, -0.15) is 11.8 Å². The number of guanidine groups is 1. The van der Waals surface area contributed by atoms with Gasteiger partial charge in [-0.05, 0) is 39.1 Å². The second kappa shape index (κ2) is 12.1. The molecule has 1 aliphatic rings. The first kappa shape index (κ1) is 19.3. The predicted octanol–water partition coefficient (Wildman–Crippen LogP) is 2.01. The van der Waals surface area contributed by atoms with Gasteiger partial charge in [0.25, 0.3) is 0 Å².